The normalized spacial score (nSPS) is 14.0. The van der Waals surface area contributed by atoms with Gasteiger partial charge >= 0.3 is 13.8 Å². The topological polar surface area (TPSA) is 131 Å². The minimum Gasteiger partial charge on any atom is -0.463 e. The van der Waals surface area contributed by atoms with Crippen LogP contribution < -0.4 is 5.32 Å². The fraction of sp³-hybridized carbons (Fsp3) is 0.689. The lowest BCUT2D eigenvalue weighted by molar-refractivity contribution is -0.147. The Morgan fingerprint density at radius 2 is 1.02 bits per heavy atom. The molecule has 0 saturated carbocycles. The Kier molecular flexibility index (Phi) is 39.2. The molecule has 1 amide bonds. The van der Waals surface area contributed by atoms with E-state index in [4.69, 9.17) is 13.8 Å². The van der Waals surface area contributed by atoms with Crippen LogP contribution in [0, 0.1) is 0 Å². The zero-order valence-corrected chi connectivity index (χ0v) is 35.5. The number of allylic oxidation sites excluding steroid dienone is 12. The molecule has 0 aromatic heterocycles. The zero-order chi connectivity index (χ0) is 40.3. The lowest BCUT2D eigenvalue weighted by Crippen LogP contribution is -2.27. The number of amides is 1. The molecule has 0 spiro atoms. The summed E-state index contributed by atoms with van der Waals surface area (Å²) in [5.74, 6) is -0.555. The fourth-order valence-electron chi connectivity index (χ4n) is 5.34. The van der Waals surface area contributed by atoms with Crippen LogP contribution in [0.2, 0.25) is 0 Å². The summed E-state index contributed by atoms with van der Waals surface area (Å²) in [6.07, 6.45) is 49.7. The molecule has 3 N–H and O–H groups in total. The molecule has 0 bridgehead atoms. The summed E-state index contributed by atoms with van der Waals surface area (Å²) in [6.45, 7) is 3.40. The van der Waals surface area contributed by atoms with Gasteiger partial charge < -0.3 is 20.1 Å². The minimum absolute atomic E-state index is 0.0655. The lowest BCUT2D eigenvalue weighted by atomic mass is 10.1. The largest absolute Gasteiger partial charge is 0.472 e. The van der Waals surface area contributed by atoms with Crippen LogP contribution in [0.1, 0.15) is 168 Å². The van der Waals surface area contributed by atoms with Crippen molar-refractivity contribution in [1.29, 1.82) is 0 Å². The van der Waals surface area contributed by atoms with E-state index in [0.717, 1.165) is 103 Å². The number of ether oxygens (including phenoxy) is 1. The smallest absolute Gasteiger partial charge is 0.463 e. The van der Waals surface area contributed by atoms with Crippen LogP contribution in [0.3, 0.4) is 0 Å². The Hall–Kier alpha value is -2.55. The zero-order valence-electron chi connectivity index (χ0n) is 34.6. The van der Waals surface area contributed by atoms with Crippen molar-refractivity contribution in [2.45, 2.75) is 174 Å². The van der Waals surface area contributed by atoms with Gasteiger partial charge in [-0.15, -0.1) is 0 Å². The number of aliphatic hydroxyl groups is 1. The van der Waals surface area contributed by atoms with Gasteiger partial charge in [0.1, 0.15) is 12.7 Å². The number of unbranched alkanes of at least 4 members (excludes halogenated alkanes) is 14. The first-order chi connectivity index (χ1) is 26.8. The molecule has 2 atom stereocenters. The number of rotatable bonds is 39. The lowest BCUT2D eigenvalue weighted by Gasteiger charge is -2.15. The molecular formula is C45H78NO8P. The summed E-state index contributed by atoms with van der Waals surface area (Å²) in [5, 5.41) is 12.7. The fourth-order valence-corrected chi connectivity index (χ4v) is 6.10. The maximum absolute atomic E-state index is 12.1. The van der Waals surface area contributed by atoms with E-state index < -0.39 is 26.5 Å². The van der Waals surface area contributed by atoms with Crippen molar-refractivity contribution in [1.82, 2.24) is 5.32 Å². The van der Waals surface area contributed by atoms with Gasteiger partial charge in [-0.05, 0) is 83.5 Å². The third-order valence-electron chi connectivity index (χ3n) is 8.59. The second kappa shape index (κ2) is 41.1. The van der Waals surface area contributed by atoms with Gasteiger partial charge in [0, 0.05) is 19.4 Å². The quantitative estimate of drug-likeness (QED) is 0.0243. The number of nitrogens with one attached hydrogen (secondary N) is 1. The predicted octanol–water partition coefficient (Wildman–Crippen LogP) is 11.9. The summed E-state index contributed by atoms with van der Waals surface area (Å²) in [6, 6.07) is 0. The number of phosphoric acid groups is 1. The molecule has 0 rings (SSSR count). The molecule has 10 heteroatoms. The van der Waals surface area contributed by atoms with E-state index in [1.807, 2.05) is 0 Å². The highest BCUT2D eigenvalue weighted by molar-refractivity contribution is 7.47. The van der Waals surface area contributed by atoms with Gasteiger partial charge in [0.15, 0.2) is 0 Å². The van der Waals surface area contributed by atoms with Gasteiger partial charge in [-0.1, -0.05) is 145 Å². The highest BCUT2D eigenvalue weighted by atomic mass is 31.2. The van der Waals surface area contributed by atoms with Crippen molar-refractivity contribution >= 4 is 19.7 Å². The third kappa shape index (κ3) is 42.4. The summed E-state index contributed by atoms with van der Waals surface area (Å²) < 4.78 is 26.8. The third-order valence-corrected chi connectivity index (χ3v) is 9.57. The minimum atomic E-state index is -4.43. The van der Waals surface area contributed by atoms with E-state index >= 15 is 0 Å². The summed E-state index contributed by atoms with van der Waals surface area (Å²) in [7, 11) is -4.43. The molecule has 0 aromatic rings. The Bertz CT molecular complexity index is 1130. The van der Waals surface area contributed by atoms with Gasteiger partial charge in [0.2, 0.25) is 5.91 Å². The number of carbonyl (C=O) groups is 2. The first-order valence-corrected chi connectivity index (χ1v) is 22.9. The Morgan fingerprint density at radius 1 is 0.564 bits per heavy atom. The van der Waals surface area contributed by atoms with E-state index in [1.165, 1.54) is 32.1 Å². The van der Waals surface area contributed by atoms with Crippen LogP contribution in [0.4, 0.5) is 0 Å². The molecule has 2 unspecified atom stereocenters. The van der Waals surface area contributed by atoms with Crippen molar-refractivity contribution in [3.05, 3.63) is 72.9 Å². The van der Waals surface area contributed by atoms with Crippen LogP contribution in [-0.4, -0.2) is 54.3 Å². The molecule has 0 radical (unpaired) electrons. The Morgan fingerprint density at radius 3 is 1.55 bits per heavy atom. The Balaban J connectivity index is 3.67. The standard InChI is InChI=1S/C45H78NO8P/c1-3-5-7-9-11-13-15-17-18-19-20-21-22-23-24-26-27-29-31-33-35-37-44(48)46-39-40-53-55(50,51)54-42-43(47)41-52-45(49)38-36-34-32-30-28-25-16-14-12-10-8-6-4-2/h8,10-11,13-14,16-18,20-21,23-24,43,47H,3-7,9,12,15,19,22,25-42H2,1-2H3,(H,46,48)(H,50,51)/b10-8-,13-11-,16-14-,18-17-,21-20-,24-23-. The molecule has 9 nitrogen and oxygen atoms in total. The van der Waals surface area contributed by atoms with Crippen LogP contribution in [0.25, 0.3) is 0 Å². The highest BCUT2D eigenvalue weighted by Crippen LogP contribution is 2.42. The van der Waals surface area contributed by atoms with E-state index in [2.05, 4.69) is 92.1 Å². The number of carbonyl (C=O) groups excluding carboxylic acids is 2. The number of aliphatic hydroxyl groups excluding tert-OH is 1. The van der Waals surface area contributed by atoms with E-state index in [1.54, 1.807) is 0 Å². The average molecular weight is 792 g/mol. The molecule has 0 aliphatic carbocycles. The molecule has 0 saturated heterocycles. The molecule has 0 aliphatic heterocycles. The van der Waals surface area contributed by atoms with Crippen LogP contribution >= 0.6 is 7.82 Å². The number of esters is 1. The van der Waals surface area contributed by atoms with E-state index in [0.29, 0.717) is 12.8 Å². The highest BCUT2D eigenvalue weighted by Gasteiger charge is 2.23. The number of hydrogen-bond donors (Lipinski definition) is 3. The molecule has 0 aromatic carbocycles. The van der Waals surface area contributed by atoms with Crippen LogP contribution in [0.15, 0.2) is 72.9 Å². The summed E-state index contributed by atoms with van der Waals surface area (Å²) in [4.78, 5) is 33.9. The molecule has 0 aliphatic rings. The van der Waals surface area contributed by atoms with Gasteiger partial charge in [-0.25, -0.2) is 4.57 Å². The average Bonchev–Trinajstić information content (AvgIpc) is 3.17. The van der Waals surface area contributed by atoms with Gasteiger partial charge in [0.25, 0.3) is 0 Å². The van der Waals surface area contributed by atoms with Crippen LogP contribution in [0.5, 0.6) is 0 Å². The van der Waals surface area contributed by atoms with Gasteiger partial charge in [-0.3, -0.25) is 18.6 Å². The second-order valence-corrected chi connectivity index (χ2v) is 15.4. The van der Waals surface area contributed by atoms with Crippen molar-refractivity contribution in [2.75, 3.05) is 26.4 Å². The Labute approximate surface area is 335 Å². The first-order valence-electron chi connectivity index (χ1n) is 21.4. The molecule has 55 heavy (non-hydrogen) atoms. The predicted molar refractivity (Wildman–Crippen MR) is 229 cm³/mol. The maximum Gasteiger partial charge on any atom is 0.472 e. The van der Waals surface area contributed by atoms with Crippen molar-refractivity contribution in [3.8, 4) is 0 Å². The molecule has 0 heterocycles. The van der Waals surface area contributed by atoms with Crippen molar-refractivity contribution in [3.63, 3.8) is 0 Å². The number of phosphoric ester groups is 1. The molecule has 316 valence electrons. The van der Waals surface area contributed by atoms with E-state index in [-0.39, 0.29) is 32.1 Å². The van der Waals surface area contributed by atoms with Crippen LogP contribution in [-0.2, 0) is 27.9 Å². The second-order valence-electron chi connectivity index (χ2n) is 14.0. The molecule has 0 fully saturated rings. The number of hydrogen-bond acceptors (Lipinski definition) is 7. The van der Waals surface area contributed by atoms with Crippen molar-refractivity contribution < 1.29 is 37.9 Å². The summed E-state index contributed by atoms with van der Waals surface area (Å²) in [5.41, 5.74) is 0. The maximum atomic E-state index is 12.1. The molecular weight excluding hydrogens is 713 g/mol. The summed E-state index contributed by atoms with van der Waals surface area (Å²) >= 11 is 0. The monoisotopic (exact) mass is 792 g/mol. The van der Waals surface area contributed by atoms with Gasteiger partial charge in [-0.2, -0.15) is 0 Å². The van der Waals surface area contributed by atoms with Crippen molar-refractivity contribution in [2.24, 2.45) is 0 Å². The SMILES string of the molecule is CCC/C=C\C/C=C\CCCCCCCC(=O)OCC(O)COP(=O)(O)OCCNC(=O)CCCCCCC/C=C\C/C=C\C/C=C\C/C=C\CCCCC. The van der Waals surface area contributed by atoms with E-state index in [9.17, 15) is 24.2 Å². The van der Waals surface area contributed by atoms with Gasteiger partial charge in [0.05, 0.1) is 13.2 Å². The first kappa shape index (κ1) is 52.5.